The van der Waals surface area contributed by atoms with E-state index in [9.17, 15) is 0 Å². The zero-order valence-electron chi connectivity index (χ0n) is 11.7. The number of tetrazole rings is 1. The van der Waals surface area contributed by atoms with E-state index in [1.165, 1.54) is 0 Å². The summed E-state index contributed by atoms with van der Waals surface area (Å²) < 4.78 is 7.05. The van der Waals surface area contributed by atoms with E-state index in [0.29, 0.717) is 17.3 Å². The molecule has 102 valence electrons. The number of rotatable bonds is 4. The van der Waals surface area contributed by atoms with E-state index in [2.05, 4.69) is 36.3 Å². The number of aromatic nitrogens is 4. The first kappa shape index (κ1) is 13.3. The maximum atomic E-state index is 5.87. The Labute approximate surface area is 112 Å². The average Bonchev–Trinajstić information content (AvgIpc) is 2.88. The SMILES string of the molecule is CCC(C)(C)n1nnnc1-c1cc(N)cc(OC)c1. The number of ether oxygens (including phenoxy) is 1. The maximum absolute atomic E-state index is 5.87. The van der Waals surface area contributed by atoms with E-state index >= 15 is 0 Å². The van der Waals surface area contributed by atoms with Gasteiger partial charge in [-0.2, -0.15) is 0 Å². The van der Waals surface area contributed by atoms with Crippen molar-refractivity contribution in [2.45, 2.75) is 32.7 Å². The second-order valence-corrected chi connectivity index (χ2v) is 5.08. The van der Waals surface area contributed by atoms with Gasteiger partial charge >= 0.3 is 0 Å². The van der Waals surface area contributed by atoms with E-state index < -0.39 is 0 Å². The van der Waals surface area contributed by atoms with Gasteiger partial charge in [0.2, 0.25) is 0 Å². The normalized spacial score (nSPS) is 11.6. The summed E-state index contributed by atoms with van der Waals surface area (Å²) in [6.07, 6.45) is 0.921. The Morgan fingerprint density at radius 1 is 1.32 bits per heavy atom. The van der Waals surface area contributed by atoms with Crippen LogP contribution in [0.1, 0.15) is 27.2 Å². The molecule has 2 rings (SSSR count). The highest BCUT2D eigenvalue weighted by Gasteiger charge is 2.24. The third kappa shape index (κ3) is 2.52. The summed E-state index contributed by atoms with van der Waals surface area (Å²) in [5.74, 6) is 1.39. The Hall–Kier alpha value is -2.11. The minimum absolute atomic E-state index is 0.156. The lowest BCUT2D eigenvalue weighted by molar-refractivity contribution is 0.304. The number of anilines is 1. The fourth-order valence-electron chi connectivity index (χ4n) is 1.79. The highest BCUT2D eigenvalue weighted by molar-refractivity contribution is 5.64. The van der Waals surface area contributed by atoms with E-state index in [-0.39, 0.29) is 5.54 Å². The third-order valence-electron chi connectivity index (χ3n) is 3.33. The van der Waals surface area contributed by atoms with Crippen molar-refractivity contribution in [1.82, 2.24) is 20.2 Å². The van der Waals surface area contributed by atoms with E-state index in [1.807, 2.05) is 16.8 Å². The fraction of sp³-hybridized carbons (Fsp3) is 0.462. The number of nitrogens with zero attached hydrogens (tertiary/aromatic N) is 4. The molecule has 0 fully saturated rings. The lowest BCUT2D eigenvalue weighted by Gasteiger charge is -2.24. The van der Waals surface area contributed by atoms with Gasteiger partial charge in [0, 0.05) is 17.3 Å². The van der Waals surface area contributed by atoms with Gasteiger partial charge in [-0.1, -0.05) is 6.92 Å². The predicted octanol–water partition coefficient (Wildman–Crippen LogP) is 2.08. The van der Waals surface area contributed by atoms with Crippen LogP contribution in [-0.4, -0.2) is 27.3 Å². The Kier molecular flexibility index (Phi) is 3.42. The first-order valence-electron chi connectivity index (χ1n) is 6.21. The van der Waals surface area contributed by atoms with Gasteiger partial charge in [-0.05, 0) is 42.8 Å². The molecule has 1 aromatic carbocycles. The van der Waals surface area contributed by atoms with Crippen molar-refractivity contribution in [2.75, 3.05) is 12.8 Å². The number of methoxy groups -OCH3 is 1. The molecule has 0 amide bonds. The molecule has 0 radical (unpaired) electrons. The molecule has 6 heteroatoms. The van der Waals surface area contributed by atoms with Crippen LogP contribution in [0.5, 0.6) is 5.75 Å². The van der Waals surface area contributed by atoms with Crippen LogP contribution in [0.4, 0.5) is 5.69 Å². The monoisotopic (exact) mass is 261 g/mol. The van der Waals surface area contributed by atoms with Gasteiger partial charge in [0.25, 0.3) is 0 Å². The highest BCUT2D eigenvalue weighted by Crippen LogP contribution is 2.29. The summed E-state index contributed by atoms with van der Waals surface area (Å²) >= 11 is 0. The predicted molar refractivity (Wildman–Crippen MR) is 73.8 cm³/mol. The molecule has 0 unspecified atom stereocenters. The lowest BCUT2D eigenvalue weighted by atomic mass is 10.0. The minimum Gasteiger partial charge on any atom is -0.497 e. The van der Waals surface area contributed by atoms with Gasteiger partial charge in [-0.15, -0.1) is 5.10 Å². The van der Waals surface area contributed by atoms with Gasteiger partial charge in [-0.25, -0.2) is 4.68 Å². The van der Waals surface area contributed by atoms with E-state index in [4.69, 9.17) is 10.5 Å². The molecule has 0 saturated carbocycles. The standard InChI is InChI=1S/C13H19N5O/c1-5-13(2,3)18-12(15-16-17-18)9-6-10(14)8-11(7-9)19-4/h6-8H,5,14H2,1-4H3. The van der Waals surface area contributed by atoms with Crippen LogP contribution in [0, 0.1) is 0 Å². The van der Waals surface area contributed by atoms with Gasteiger partial charge in [-0.3, -0.25) is 0 Å². The second kappa shape index (κ2) is 4.87. The molecular formula is C13H19N5O. The molecule has 0 bridgehead atoms. The van der Waals surface area contributed by atoms with Crippen LogP contribution in [0.25, 0.3) is 11.4 Å². The Balaban J connectivity index is 2.54. The molecule has 0 atom stereocenters. The van der Waals surface area contributed by atoms with Crippen molar-refractivity contribution in [3.05, 3.63) is 18.2 Å². The summed E-state index contributed by atoms with van der Waals surface area (Å²) in [6, 6.07) is 5.49. The van der Waals surface area contributed by atoms with E-state index in [1.54, 1.807) is 13.2 Å². The van der Waals surface area contributed by atoms with Crippen molar-refractivity contribution >= 4 is 5.69 Å². The Morgan fingerprint density at radius 3 is 2.68 bits per heavy atom. The summed E-state index contributed by atoms with van der Waals surface area (Å²) in [5, 5.41) is 12.0. The lowest BCUT2D eigenvalue weighted by Crippen LogP contribution is -2.27. The van der Waals surface area contributed by atoms with Crippen molar-refractivity contribution < 1.29 is 4.74 Å². The third-order valence-corrected chi connectivity index (χ3v) is 3.33. The molecule has 1 aromatic heterocycles. The van der Waals surface area contributed by atoms with Crippen molar-refractivity contribution in [1.29, 1.82) is 0 Å². The average molecular weight is 261 g/mol. The molecule has 2 aromatic rings. The van der Waals surface area contributed by atoms with Crippen LogP contribution in [0.2, 0.25) is 0 Å². The van der Waals surface area contributed by atoms with Crippen LogP contribution in [0.3, 0.4) is 0 Å². The Morgan fingerprint density at radius 2 is 2.05 bits per heavy atom. The quantitative estimate of drug-likeness (QED) is 0.852. The van der Waals surface area contributed by atoms with Crippen molar-refractivity contribution in [2.24, 2.45) is 0 Å². The summed E-state index contributed by atoms with van der Waals surface area (Å²) in [7, 11) is 1.61. The fourth-order valence-corrected chi connectivity index (χ4v) is 1.79. The second-order valence-electron chi connectivity index (χ2n) is 5.08. The van der Waals surface area contributed by atoms with Gasteiger partial charge in [0.05, 0.1) is 12.6 Å². The molecule has 0 aliphatic rings. The smallest absolute Gasteiger partial charge is 0.182 e. The van der Waals surface area contributed by atoms with Crippen molar-refractivity contribution in [3.8, 4) is 17.1 Å². The molecule has 0 saturated heterocycles. The topological polar surface area (TPSA) is 78.9 Å². The number of hydrogen-bond acceptors (Lipinski definition) is 5. The van der Waals surface area contributed by atoms with E-state index in [0.717, 1.165) is 12.0 Å². The van der Waals surface area contributed by atoms with Crippen LogP contribution in [0.15, 0.2) is 18.2 Å². The maximum Gasteiger partial charge on any atom is 0.182 e. The van der Waals surface area contributed by atoms with Crippen molar-refractivity contribution in [3.63, 3.8) is 0 Å². The van der Waals surface area contributed by atoms with Crippen LogP contribution >= 0.6 is 0 Å². The largest absolute Gasteiger partial charge is 0.497 e. The number of benzene rings is 1. The zero-order chi connectivity index (χ0) is 14.0. The molecule has 0 aliphatic heterocycles. The molecular weight excluding hydrogens is 242 g/mol. The molecule has 0 aliphatic carbocycles. The summed E-state index contributed by atoms with van der Waals surface area (Å²) in [6.45, 7) is 6.29. The van der Waals surface area contributed by atoms with Gasteiger partial charge < -0.3 is 10.5 Å². The van der Waals surface area contributed by atoms with Crippen LogP contribution < -0.4 is 10.5 Å². The number of nitrogens with two attached hydrogens (primary N) is 1. The molecule has 2 N–H and O–H groups in total. The number of nitrogen functional groups attached to an aromatic ring is 1. The number of hydrogen-bond donors (Lipinski definition) is 1. The Bertz CT molecular complexity index is 576. The minimum atomic E-state index is -0.156. The molecule has 0 spiro atoms. The molecule has 6 nitrogen and oxygen atoms in total. The molecule has 1 heterocycles. The van der Waals surface area contributed by atoms with Gasteiger partial charge in [0.1, 0.15) is 5.75 Å². The molecule has 19 heavy (non-hydrogen) atoms. The van der Waals surface area contributed by atoms with Crippen LogP contribution in [-0.2, 0) is 5.54 Å². The zero-order valence-corrected chi connectivity index (χ0v) is 11.7. The summed E-state index contributed by atoms with van der Waals surface area (Å²) in [4.78, 5) is 0. The highest BCUT2D eigenvalue weighted by atomic mass is 16.5. The van der Waals surface area contributed by atoms with Gasteiger partial charge in [0.15, 0.2) is 5.82 Å². The first-order chi connectivity index (χ1) is 8.97. The first-order valence-corrected chi connectivity index (χ1v) is 6.21. The summed E-state index contributed by atoms with van der Waals surface area (Å²) in [5.41, 5.74) is 7.19.